The zero-order valence-electron chi connectivity index (χ0n) is 18.7. The molecule has 4 rings (SSSR count). The summed E-state index contributed by atoms with van der Waals surface area (Å²) in [6.45, 7) is 1.38. The van der Waals surface area contributed by atoms with Crippen LogP contribution in [0.15, 0.2) is 36.4 Å². The highest BCUT2D eigenvalue weighted by Crippen LogP contribution is 2.42. The number of carbonyl (C=O) groups is 1. The Bertz CT molecular complexity index is 1120. The number of nitrogens with one attached hydrogen (secondary N) is 1. The van der Waals surface area contributed by atoms with Crippen molar-refractivity contribution >= 4 is 16.9 Å². The number of hydrogen-bond acceptors (Lipinski definition) is 4. The SMILES string of the molecule is CC(NC(=O)COc1cc(C(F)(F)F)c2c(C3CCCCC3)nn(C)c2n1)c1ccccc1. The fourth-order valence-electron chi connectivity index (χ4n) is 4.46. The molecule has 0 bridgehead atoms. The topological polar surface area (TPSA) is 69.0 Å². The van der Waals surface area contributed by atoms with Gasteiger partial charge in [-0.2, -0.15) is 23.3 Å². The number of rotatable bonds is 6. The van der Waals surface area contributed by atoms with E-state index in [1.54, 1.807) is 7.05 Å². The summed E-state index contributed by atoms with van der Waals surface area (Å²) in [7, 11) is 1.58. The highest BCUT2D eigenvalue weighted by molar-refractivity contribution is 5.84. The van der Waals surface area contributed by atoms with Crippen molar-refractivity contribution in [2.24, 2.45) is 7.05 Å². The fourth-order valence-corrected chi connectivity index (χ4v) is 4.46. The molecule has 9 heteroatoms. The van der Waals surface area contributed by atoms with Gasteiger partial charge in [0.1, 0.15) is 0 Å². The van der Waals surface area contributed by atoms with Gasteiger partial charge in [0.05, 0.1) is 22.7 Å². The summed E-state index contributed by atoms with van der Waals surface area (Å²) in [5, 5.41) is 7.23. The lowest BCUT2D eigenvalue weighted by atomic mass is 9.85. The standard InChI is InChI=1S/C24H27F3N4O2/c1-15(16-9-5-3-6-10-16)28-19(32)14-33-20-13-18(24(25,26)27)21-22(17-11-7-4-8-12-17)30-31(2)23(21)29-20/h3,5-6,9-10,13,15,17H,4,7-8,11-12,14H2,1-2H3,(H,28,32). The van der Waals surface area contributed by atoms with Gasteiger partial charge in [0.15, 0.2) is 12.3 Å². The number of nitrogens with zero attached hydrogens (tertiary/aromatic N) is 3. The van der Waals surface area contributed by atoms with Gasteiger partial charge < -0.3 is 10.1 Å². The van der Waals surface area contributed by atoms with Gasteiger partial charge in [-0.3, -0.25) is 9.48 Å². The molecule has 1 aliphatic carbocycles. The molecule has 0 aliphatic heterocycles. The van der Waals surface area contributed by atoms with Crippen molar-refractivity contribution in [3.05, 3.63) is 53.2 Å². The van der Waals surface area contributed by atoms with Crippen LogP contribution in [0.1, 0.15) is 67.8 Å². The van der Waals surface area contributed by atoms with Crippen LogP contribution < -0.4 is 10.1 Å². The number of fused-ring (bicyclic) bond motifs is 1. The number of halogens is 3. The van der Waals surface area contributed by atoms with Gasteiger partial charge in [0, 0.05) is 19.0 Å². The average Bonchev–Trinajstić information content (AvgIpc) is 3.14. The summed E-state index contributed by atoms with van der Waals surface area (Å²) in [5.41, 5.74) is 0.649. The van der Waals surface area contributed by atoms with Gasteiger partial charge in [-0.25, -0.2) is 0 Å². The van der Waals surface area contributed by atoms with Gasteiger partial charge in [-0.05, 0) is 25.3 Å². The van der Waals surface area contributed by atoms with Crippen LogP contribution in [0.3, 0.4) is 0 Å². The first kappa shape index (κ1) is 23.1. The maximum absolute atomic E-state index is 14.0. The molecule has 1 amide bonds. The molecule has 0 radical (unpaired) electrons. The van der Waals surface area contributed by atoms with E-state index in [2.05, 4.69) is 15.4 Å². The van der Waals surface area contributed by atoms with Crippen LogP contribution in [0, 0.1) is 0 Å². The minimum absolute atomic E-state index is 0.0117. The third-order valence-electron chi connectivity index (χ3n) is 6.12. The summed E-state index contributed by atoms with van der Waals surface area (Å²) < 4.78 is 48.8. The van der Waals surface area contributed by atoms with Crippen LogP contribution in [0.25, 0.3) is 11.0 Å². The second-order valence-electron chi connectivity index (χ2n) is 8.54. The van der Waals surface area contributed by atoms with Gasteiger partial charge in [0.2, 0.25) is 5.88 Å². The van der Waals surface area contributed by atoms with Crippen molar-refractivity contribution in [3.63, 3.8) is 0 Å². The molecular weight excluding hydrogens is 433 g/mol. The Balaban J connectivity index is 1.57. The predicted octanol–water partition coefficient (Wildman–Crippen LogP) is 5.29. The van der Waals surface area contributed by atoms with E-state index in [0.717, 1.165) is 43.7 Å². The Kier molecular flexibility index (Phi) is 6.58. The molecular formula is C24H27F3N4O2. The summed E-state index contributed by atoms with van der Waals surface area (Å²) >= 11 is 0. The van der Waals surface area contributed by atoms with E-state index in [1.807, 2.05) is 37.3 Å². The van der Waals surface area contributed by atoms with E-state index < -0.39 is 24.3 Å². The number of hydrogen-bond donors (Lipinski definition) is 1. The molecule has 2 aromatic heterocycles. The summed E-state index contributed by atoms with van der Waals surface area (Å²) in [6, 6.07) is 9.97. The molecule has 0 spiro atoms. The molecule has 6 nitrogen and oxygen atoms in total. The lowest BCUT2D eigenvalue weighted by molar-refractivity contribution is -0.136. The third kappa shape index (κ3) is 5.12. The van der Waals surface area contributed by atoms with Crippen molar-refractivity contribution in [2.45, 2.75) is 57.2 Å². The Morgan fingerprint density at radius 1 is 1.21 bits per heavy atom. The lowest BCUT2D eigenvalue weighted by Crippen LogP contribution is -2.31. The second kappa shape index (κ2) is 9.41. The van der Waals surface area contributed by atoms with Crippen LogP contribution in [0.2, 0.25) is 0 Å². The molecule has 1 aromatic carbocycles. The number of amides is 1. The maximum atomic E-state index is 14.0. The molecule has 1 aliphatic rings. The van der Waals surface area contributed by atoms with E-state index >= 15 is 0 Å². The van der Waals surface area contributed by atoms with Gasteiger partial charge in [-0.1, -0.05) is 49.6 Å². The van der Waals surface area contributed by atoms with E-state index in [-0.39, 0.29) is 28.9 Å². The van der Waals surface area contributed by atoms with Crippen LogP contribution in [0.5, 0.6) is 5.88 Å². The minimum atomic E-state index is -4.60. The van der Waals surface area contributed by atoms with Crippen molar-refractivity contribution in [2.75, 3.05) is 6.61 Å². The highest BCUT2D eigenvalue weighted by Gasteiger charge is 2.37. The molecule has 33 heavy (non-hydrogen) atoms. The third-order valence-corrected chi connectivity index (χ3v) is 6.12. The first-order valence-corrected chi connectivity index (χ1v) is 11.2. The van der Waals surface area contributed by atoms with Gasteiger partial charge in [0.25, 0.3) is 5.91 Å². The van der Waals surface area contributed by atoms with Gasteiger partial charge in [-0.15, -0.1) is 0 Å². The Morgan fingerprint density at radius 2 is 1.91 bits per heavy atom. The minimum Gasteiger partial charge on any atom is -0.467 e. The smallest absolute Gasteiger partial charge is 0.417 e. The van der Waals surface area contributed by atoms with Crippen LogP contribution in [0.4, 0.5) is 13.2 Å². The molecule has 1 unspecified atom stereocenters. The van der Waals surface area contributed by atoms with Crippen molar-refractivity contribution in [1.29, 1.82) is 0 Å². The summed E-state index contributed by atoms with van der Waals surface area (Å²) in [6.07, 6.45) is 0.0950. The number of aryl methyl sites for hydroxylation is 1. The van der Waals surface area contributed by atoms with Crippen molar-refractivity contribution < 1.29 is 22.7 Å². The normalized spacial score (nSPS) is 16.0. The van der Waals surface area contributed by atoms with Crippen molar-refractivity contribution in [3.8, 4) is 5.88 Å². The Hall–Kier alpha value is -3.10. The quantitative estimate of drug-likeness (QED) is 0.543. The number of carbonyl (C=O) groups excluding carboxylic acids is 1. The monoisotopic (exact) mass is 460 g/mol. The van der Waals surface area contributed by atoms with Crippen LogP contribution in [-0.4, -0.2) is 27.3 Å². The predicted molar refractivity (Wildman–Crippen MR) is 118 cm³/mol. The maximum Gasteiger partial charge on any atom is 0.417 e. The molecule has 1 N–H and O–H groups in total. The second-order valence-corrected chi connectivity index (χ2v) is 8.54. The number of aromatic nitrogens is 3. The first-order valence-electron chi connectivity index (χ1n) is 11.2. The number of ether oxygens (including phenoxy) is 1. The lowest BCUT2D eigenvalue weighted by Gasteiger charge is -2.21. The summed E-state index contributed by atoms with van der Waals surface area (Å²) in [4.78, 5) is 16.6. The van der Waals surface area contributed by atoms with Crippen molar-refractivity contribution in [1.82, 2.24) is 20.1 Å². The first-order chi connectivity index (χ1) is 15.7. The van der Waals surface area contributed by atoms with E-state index in [1.165, 1.54) is 4.68 Å². The zero-order valence-corrected chi connectivity index (χ0v) is 18.7. The number of pyridine rings is 1. The summed E-state index contributed by atoms with van der Waals surface area (Å²) in [5.74, 6) is -0.715. The van der Waals surface area contributed by atoms with Gasteiger partial charge >= 0.3 is 6.18 Å². The van der Waals surface area contributed by atoms with Crippen LogP contribution >= 0.6 is 0 Å². The Labute approximate surface area is 190 Å². The average molecular weight is 461 g/mol. The molecule has 1 atom stereocenters. The molecule has 1 saturated carbocycles. The van der Waals surface area contributed by atoms with E-state index in [9.17, 15) is 18.0 Å². The fraction of sp³-hybridized carbons (Fsp3) is 0.458. The highest BCUT2D eigenvalue weighted by atomic mass is 19.4. The molecule has 3 aromatic rings. The zero-order chi connectivity index (χ0) is 23.6. The van der Waals surface area contributed by atoms with Crippen LogP contribution in [-0.2, 0) is 18.0 Å². The number of benzene rings is 1. The molecule has 176 valence electrons. The Morgan fingerprint density at radius 3 is 2.58 bits per heavy atom. The molecule has 2 heterocycles. The molecule has 1 fully saturated rings. The van der Waals surface area contributed by atoms with E-state index in [4.69, 9.17) is 4.74 Å². The largest absolute Gasteiger partial charge is 0.467 e. The number of alkyl halides is 3. The molecule has 0 saturated heterocycles. The van der Waals surface area contributed by atoms with E-state index in [0.29, 0.717) is 5.69 Å².